The summed E-state index contributed by atoms with van der Waals surface area (Å²) in [5, 5.41) is 11.0. The van der Waals surface area contributed by atoms with Gasteiger partial charge in [0.1, 0.15) is 17.7 Å². The van der Waals surface area contributed by atoms with Gasteiger partial charge in [0.15, 0.2) is 0 Å². The van der Waals surface area contributed by atoms with Gasteiger partial charge in [-0.2, -0.15) is 9.66 Å². The van der Waals surface area contributed by atoms with Crippen molar-refractivity contribution in [2.45, 2.75) is 12.6 Å². The topological polar surface area (TPSA) is 87.8 Å². The zero-order valence-electron chi connectivity index (χ0n) is 10.6. The van der Waals surface area contributed by atoms with Crippen molar-refractivity contribution in [1.29, 1.82) is 5.41 Å². The summed E-state index contributed by atoms with van der Waals surface area (Å²) in [4.78, 5) is 7.94. The molecule has 1 aliphatic heterocycles. The summed E-state index contributed by atoms with van der Waals surface area (Å²) in [7, 11) is 1.64. The number of nitrogens with one attached hydrogen (secondary N) is 3. The average molecular weight is 258 g/mol. The summed E-state index contributed by atoms with van der Waals surface area (Å²) in [6.07, 6.45) is 1.36. The smallest absolute Gasteiger partial charge is 0.245 e. The van der Waals surface area contributed by atoms with Crippen molar-refractivity contribution < 1.29 is 4.74 Å². The van der Waals surface area contributed by atoms with E-state index in [4.69, 9.17) is 10.1 Å². The molecule has 1 aliphatic rings. The molecule has 2 heterocycles. The van der Waals surface area contributed by atoms with Gasteiger partial charge in [0.25, 0.3) is 0 Å². The van der Waals surface area contributed by atoms with Crippen LogP contribution in [-0.4, -0.2) is 21.8 Å². The molecule has 3 rings (SSSR count). The molecular weight excluding hydrogens is 244 g/mol. The zero-order valence-corrected chi connectivity index (χ0v) is 10.6. The van der Waals surface area contributed by atoms with Crippen molar-refractivity contribution in [2.24, 2.45) is 0 Å². The lowest BCUT2D eigenvalue weighted by Gasteiger charge is -2.25. The van der Waals surface area contributed by atoms with Crippen LogP contribution in [0.2, 0.25) is 0 Å². The van der Waals surface area contributed by atoms with E-state index in [1.54, 1.807) is 7.11 Å². The molecule has 7 nitrogen and oxygen atoms in total. The number of benzene rings is 1. The lowest BCUT2D eigenvalue weighted by atomic mass is 10.0. The average Bonchev–Trinajstić information content (AvgIpc) is 2.78. The van der Waals surface area contributed by atoms with Gasteiger partial charge in [-0.05, 0) is 24.6 Å². The number of nitrogens with zero attached hydrogens (tertiary/aromatic N) is 3. The number of fused-ring (bicyclic) bond motifs is 1. The molecule has 1 atom stereocenters. The third kappa shape index (κ3) is 1.79. The van der Waals surface area contributed by atoms with Gasteiger partial charge in [-0.3, -0.25) is 10.8 Å². The van der Waals surface area contributed by atoms with Crippen LogP contribution in [0.25, 0.3) is 0 Å². The van der Waals surface area contributed by atoms with Gasteiger partial charge in [-0.15, -0.1) is 0 Å². The van der Waals surface area contributed by atoms with Crippen LogP contribution in [0.3, 0.4) is 0 Å². The third-order valence-corrected chi connectivity index (χ3v) is 3.15. The summed E-state index contributed by atoms with van der Waals surface area (Å²) in [6, 6.07) is 7.71. The normalized spacial score (nSPS) is 20.3. The number of rotatable bonds is 2. The van der Waals surface area contributed by atoms with E-state index in [0.717, 1.165) is 11.3 Å². The number of hydrogen-bond donors (Lipinski definition) is 3. The standard InChI is InChI=1S/C12H14N6O/c1-12(8-3-5-9(19-2)6-4-8)16-11-15-7-14-10(13)18(11)17-12/h3-7,17H,1-2H3,(H2,13,14,15,16). The molecule has 1 aromatic carbocycles. The van der Waals surface area contributed by atoms with Gasteiger partial charge in [-0.1, -0.05) is 12.1 Å². The summed E-state index contributed by atoms with van der Waals surface area (Å²) in [5.74, 6) is 1.37. The van der Waals surface area contributed by atoms with Crippen molar-refractivity contribution in [3.63, 3.8) is 0 Å². The highest BCUT2D eigenvalue weighted by Gasteiger charge is 2.34. The fourth-order valence-corrected chi connectivity index (χ4v) is 2.08. The lowest BCUT2D eigenvalue weighted by Crippen LogP contribution is -2.40. The fourth-order valence-electron chi connectivity index (χ4n) is 2.08. The molecular formula is C12H14N6O. The lowest BCUT2D eigenvalue weighted by molar-refractivity contribution is 0.414. The maximum atomic E-state index is 7.74. The first-order chi connectivity index (χ1) is 9.12. The molecule has 98 valence electrons. The van der Waals surface area contributed by atoms with Crippen LogP contribution in [0.5, 0.6) is 5.75 Å². The molecule has 0 amide bonds. The molecule has 2 aromatic rings. The van der Waals surface area contributed by atoms with Crippen LogP contribution in [0, 0.1) is 5.41 Å². The number of hydrogen-bond acceptors (Lipinski definition) is 6. The second-order valence-electron chi connectivity index (χ2n) is 4.45. The second kappa shape index (κ2) is 3.98. The minimum absolute atomic E-state index is 0.106. The van der Waals surface area contributed by atoms with Crippen LogP contribution in [0.4, 0.5) is 5.95 Å². The van der Waals surface area contributed by atoms with Gasteiger partial charge in [0.2, 0.25) is 11.6 Å². The Morgan fingerprint density at radius 3 is 2.63 bits per heavy atom. The Labute approximate surface area is 109 Å². The number of anilines is 1. The first-order valence-electron chi connectivity index (χ1n) is 5.82. The highest BCUT2D eigenvalue weighted by Crippen LogP contribution is 2.28. The predicted octanol–water partition coefficient (Wildman–Crippen LogP) is 0.608. The van der Waals surface area contributed by atoms with E-state index < -0.39 is 5.66 Å². The Morgan fingerprint density at radius 2 is 2.00 bits per heavy atom. The molecule has 0 saturated heterocycles. The molecule has 0 saturated carbocycles. The van der Waals surface area contributed by atoms with E-state index in [-0.39, 0.29) is 5.62 Å². The van der Waals surface area contributed by atoms with Gasteiger partial charge in [0.05, 0.1) is 7.11 Å². The number of aromatic nitrogens is 3. The monoisotopic (exact) mass is 258 g/mol. The predicted molar refractivity (Wildman–Crippen MR) is 69.2 cm³/mol. The maximum Gasteiger partial charge on any atom is 0.245 e. The van der Waals surface area contributed by atoms with E-state index in [2.05, 4.69) is 20.7 Å². The van der Waals surface area contributed by atoms with E-state index in [1.807, 2.05) is 31.2 Å². The van der Waals surface area contributed by atoms with E-state index >= 15 is 0 Å². The molecule has 1 unspecified atom stereocenters. The summed E-state index contributed by atoms with van der Waals surface area (Å²) >= 11 is 0. The molecule has 0 fully saturated rings. The Morgan fingerprint density at radius 1 is 1.26 bits per heavy atom. The van der Waals surface area contributed by atoms with Crippen molar-refractivity contribution in [2.75, 3.05) is 17.9 Å². The fraction of sp³-hybridized carbons (Fsp3) is 0.250. The van der Waals surface area contributed by atoms with E-state index in [0.29, 0.717) is 5.95 Å². The van der Waals surface area contributed by atoms with E-state index in [9.17, 15) is 0 Å². The third-order valence-electron chi connectivity index (χ3n) is 3.15. The van der Waals surface area contributed by atoms with Crippen LogP contribution >= 0.6 is 0 Å². The molecule has 7 heteroatoms. The highest BCUT2D eigenvalue weighted by atomic mass is 16.5. The summed E-state index contributed by atoms with van der Waals surface area (Å²) in [5.41, 5.74) is 3.77. The van der Waals surface area contributed by atoms with Gasteiger partial charge in [0, 0.05) is 0 Å². The molecule has 0 radical (unpaired) electrons. The summed E-state index contributed by atoms with van der Waals surface area (Å²) in [6.45, 7) is 1.98. The molecule has 3 N–H and O–H groups in total. The first kappa shape index (κ1) is 11.5. The molecule has 0 bridgehead atoms. The Balaban J connectivity index is 1.98. The minimum atomic E-state index is -0.537. The second-order valence-corrected chi connectivity index (χ2v) is 4.45. The Hall–Kier alpha value is -2.57. The van der Waals surface area contributed by atoms with Crippen LogP contribution in [-0.2, 0) is 5.66 Å². The number of methoxy groups -OCH3 is 1. The SMILES string of the molecule is COc1ccc(C2(C)Nc3ncnc(=N)n3N2)cc1. The Kier molecular flexibility index (Phi) is 2.41. The zero-order chi connectivity index (χ0) is 13.5. The van der Waals surface area contributed by atoms with E-state index in [1.165, 1.54) is 11.0 Å². The molecule has 0 aliphatic carbocycles. The highest BCUT2D eigenvalue weighted by molar-refractivity contribution is 5.45. The summed E-state index contributed by atoms with van der Waals surface area (Å²) < 4.78 is 6.67. The van der Waals surface area contributed by atoms with Crippen LogP contribution < -0.4 is 21.1 Å². The van der Waals surface area contributed by atoms with Crippen molar-refractivity contribution in [3.8, 4) is 5.75 Å². The quantitative estimate of drug-likeness (QED) is 0.734. The van der Waals surface area contributed by atoms with Crippen molar-refractivity contribution in [1.82, 2.24) is 14.6 Å². The maximum absolute atomic E-state index is 7.74. The van der Waals surface area contributed by atoms with Gasteiger partial charge < -0.3 is 10.1 Å². The van der Waals surface area contributed by atoms with Crippen LogP contribution in [0.15, 0.2) is 30.6 Å². The van der Waals surface area contributed by atoms with Crippen LogP contribution in [0.1, 0.15) is 12.5 Å². The van der Waals surface area contributed by atoms with Crippen molar-refractivity contribution in [3.05, 3.63) is 41.8 Å². The van der Waals surface area contributed by atoms with Crippen molar-refractivity contribution >= 4 is 5.95 Å². The first-order valence-corrected chi connectivity index (χ1v) is 5.82. The van der Waals surface area contributed by atoms with Gasteiger partial charge in [-0.25, -0.2) is 4.98 Å². The van der Waals surface area contributed by atoms with Gasteiger partial charge >= 0.3 is 0 Å². The minimum Gasteiger partial charge on any atom is -0.497 e. The number of ether oxygens (including phenoxy) is 1. The largest absolute Gasteiger partial charge is 0.497 e. The molecule has 0 spiro atoms. The molecule has 19 heavy (non-hydrogen) atoms. The molecule has 1 aromatic heterocycles. The Bertz CT molecular complexity index is 665.